The van der Waals surface area contributed by atoms with Crippen LogP contribution < -0.4 is 5.32 Å². The third kappa shape index (κ3) is 2.75. The molecule has 1 aromatic heterocycles. The minimum absolute atomic E-state index is 0.385. The first-order valence-electron chi connectivity index (χ1n) is 6.97. The van der Waals surface area contributed by atoms with Gasteiger partial charge in [0.05, 0.1) is 6.20 Å². The number of aryl methyl sites for hydroxylation is 1. The topological polar surface area (TPSA) is 33.1 Å². The highest BCUT2D eigenvalue weighted by molar-refractivity contribution is 5.20. The Balaban J connectivity index is 1.93. The quantitative estimate of drug-likeness (QED) is 0.885. The van der Waals surface area contributed by atoms with Crippen LogP contribution in [-0.4, -0.2) is 39.9 Å². The zero-order valence-corrected chi connectivity index (χ0v) is 12.3. The van der Waals surface area contributed by atoms with Gasteiger partial charge in [0.25, 0.3) is 0 Å². The Hall–Kier alpha value is -0.870. The summed E-state index contributed by atoms with van der Waals surface area (Å²) in [5.41, 5.74) is 2.58. The largest absolute Gasteiger partial charge is 0.306 e. The van der Waals surface area contributed by atoms with Gasteiger partial charge in [-0.2, -0.15) is 5.10 Å². The summed E-state index contributed by atoms with van der Waals surface area (Å²) in [5, 5.41) is 8.06. The van der Waals surface area contributed by atoms with Crippen molar-refractivity contribution in [1.29, 1.82) is 0 Å². The Morgan fingerprint density at radius 3 is 2.61 bits per heavy atom. The van der Waals surface area contributed by atoms with E-state index >= 15 is 0 Å². The summed E-state index contributed by atoms with van der Waals surface area (Å²) < 4.78 is 1.95. The maximum Gasteiger partial charge on any atom is 0.0540 e. The molecule has 4 nitrogen and oxygen atoms in total. The van der Waals surface area contributed by atoms with Gasteiger partial charge in [0.15, 0.2) is 0 Å². The molecule has 0 aromatic carbocycles. The molecular formula is C14H26N4. The number of nitrogens with zero attached hydrogens (tertiary/aromatic N) is 3. The number of rotatable bonds is 4. The van der Waals surface area contributed by atoms with Crippen molar-refractivity contribution in [3.8, 4) is 0 Å². The first-order valence-corrected chi connectivity index (χ1v) is 6.97. The highest BCUT2D eigenvalue weighted by Crippen LogP contribution is 2.20. The molecule has 0 radical (unpaired) electrons. The summed E-state index contributed by atoms with van der Waals surface area (Å²) in [6.07, 6.45) is 3.24. The Morgan fingerprint density at radius 1 is 1.39 bits per heavy atom. The van der Waals surface area contributed by atoms with Gasteiger partial charge in [-0.3, -0.25) is 9.58 Å². The van der Waals surface area contributed by atoms with Crippen molar-refractivity contribution in [2.24, 2.45) is 7.05 Å². The lowest BCUT2D eigenvalue weighted by Gasteiger charge is -2.22. The summed E-state index contributed by atoms with van der Waals surface area (Å²) in [6, 6.07) is 1.66. The molecule has 2 unspecified atom stereocenters. The molecule has 0 saturated carbocycles. The fourth-order valence-corrected chi connectivity index (χ4v) is 2.78. The standard InChI is InChI=1S/C14H26N4/c1-10(2)18-7-6-13(9-18)16-11(3)14-8-15-17(5)12(14)4/h8,10-11,13,16H,6-7,9H2,1-5H3. The molecule has 1 aromatic rings. The molecule has 0 bridgehead atoms. The van der Waals surface area contributed by atoms with Crippen LogP contribution in [0.1, 0.15) is 44.5 Å². The van der Waals surface area contributed by atoms with Gasteiger partial charge in [-0.1, -0.05) is 0 Å². The van der Waals surface area contributed by atoms with Crippen LogP contribution in [0.3, 0.4) is 0 Å². The van der Waals surface area contributed by atoms with Crippen LogP contribution >= 0.6 is 0 Å². The van der Waals surface area contributed by atoms with E-state index in [-0.39, 0.29) is 0 Å². The Labute approximate surface area is 110 Å². The molecule has 2 atom stereocenters. The molecule has 0 aliphatic carbocycles. The summed E-state index contributed by atoms with van der Waals surface area (Å²) in [4.78, 5) is 2.54. The minimum atomic E-state index is 0.385. The van der Waals surface area contributed by atoms with Crippen LogP contribution in [0.25, 0.3) is 0 Å². The molecule has 1 saturated heterocycles. The van der Waals surface area contributed by atoms with E-state index < -0.39 is 0 Å². The lowest BCUT2D eigenvalue weighted by molar-refractivity contribution is 0.266. The van der Waals surface area contributed by atoms with Gasteiger partial charge in [-0.25, -0.2) is 0 Å². The summed E-state index contributed by atoms with van der Waals surface area (Å²) in [5.74, 6) is 0. The van der Waals surface area contributed by atoms with Crippen molar-refractivity contribution in [2.75, 3.05) is 13.1 Å². The average Bonchev–Trinajstić information content (AvgIpc) is 2.88. The first kappa shape index (κ1) is 13.6. The molecule has 1 fully saturated rings. The number of nitrogens with one attached hydrogen (secondary N) is 1. The van der Waals surface area contributed by atoms with Gasteiger partial charge in [0.1, 0.15) is 0 Å². The van der Waals surface area contributed by atoms with E-state index in [2.05, 4.69) is 43.0 Å². The zero-order chi connectivity index (χ0) is 13.3. The second-order valence-corrected chi connectivity index (χ2v) is 5.77. The zero-order valence-electron chi connectivity index (χ0n) is 12.3. The molecule has 0 spiro atoms. The third-order valence-corrected chi connectivity index (χ3v) is 4.18. The van der Waals surface area contributed by atoms with Gasteiger partial charge in [0, 0.05) is 43.0 Å². The van der Waals surface area contributed by atoms with Crippen LogP contribution in [0.2, 0.25) is 0 Å². The number of likely N-dealkylation sites (tertiary alicyclic amines) is 1. The maximum atomic E-state index is 4.32. The smallest absolute Gasteiger partial charge is 0.0540 e. The summed E-state index contributed by atoms with van der Waals surface area (Å²) in [6.45, 7) is 11.3. The van der Waals surface area contributed by atoms with Crippen LogP contribution in [0, 0.1) is 6.92 Å². The molecule has 2 rings (SSSR count). The number of aromatic nitrogens is 2. The SMILES string of the molecule is Cc1c(C(C)NC2CCN(C(C)C)C2)cnn1C. The molecule has 102 valence electrons. The van der Waals surface area contributed by atoms with E-state index in [0.29, 0.717) is 18.1 Å². The number of hydrogen-bond acceptors (Lipinski definition) is 3. The van der Waals surface area contributed by atoms with Gasteiger partial charge in [0.2, 0.25) is 0 Å². The Morgan fingerprint density at radius 2 is 2.11 bits per heavy atom. The first-order chi connectivity index (χ1) is 8.49. The minimum Gasteiger partial charge on any atom is -0.306 e. The van der Waals surface area contributed by atoms with Crippen molar-refractivity contribution in [1.82, 2.24) is 20.0 Å². The lowest BCUT2D eigenvalue weighted by Crippen LogP contribution is -2.36. The molecule has 1 aliphatic heterocycles. The fourth-order valence-electron chi connectivity index (χ4n) is 2.78. The van der Waals surface area contributed by atoms with Gasteiger partial charge in [-0.15, -0.1) is 0 Å². The van der Waals surface area contributed by atoms with Crippen molar-refractivity contribution in [3.05, 3.63) is 17.5 Å². The van der Waals surface area contributed by atoms with Crippen molar-refractivity contribution >= 4 is 0 Å². The molecule has 4 heteroatoms. The highest BCUT2D eigenvalue weighted by atomic mass is 15.3. The average molecular weight is 250 g/mol. The van der Waals surface area contributed by atoms with E-state index in [4.69, 9.17) is 0 Å². The monoisotopic (exact) mass is 250 g/mol. The van der Waals surface area contributed by atoms with Gasteiger partial charge >= 0.3 is 0 Å². The fraction of sp³-hybridized carbons (Fsp3) is 0.786. The Bertz CT molecular complexity index is 396. The van der Waals surface area contributed by atoms with E-state index in [1.54, 1.807) is 0 Å². The summed E-state index contributed by atoms with van der Waals surface area (Å²) in [7, 11) is 2.00. The van der Waals surface area contributed by atoms with Gasteiger partial charge in [-0.05, 0) is 40.7 Å². The third-order valence-electron chi connectivity index (χ3n) is 4.18. The van der Waals surface area contributed by atoms with Crippen molar-refractivity contribution in [3.63, 3.8) is 0 Å². The summed E-state index contributed by atoms with van der Waals surface area (Å²) >= 11 is 0. The second kappa shape index (κ2) is 5.41. The van der Waals surface area contributed by atoms with Crippen LogP contribution in [0.15, 0.2) is 6.20 Å². The molecule has 1 aliphatic rings. The second-order valence-electron chi connectivity index (χ2n) is 5.77. The van der Waals surface area contributed by atoms with E-state index in [1.165, 1.54) is 30.8 Å². The van der Waals surface area contributed by atoms with Crippen molar-refractivity contribution in [2.45, 2.75) is 52.2 Å². The van der Waals surface area contributed by atoms with Crippen LogP contribution in [0.4, 0.5) is 0 Å². The molecule has 0 amide bonds. The van der Waals surface area contributed by atoms with Crippen LogP contribution in [0.5, 0.6) is 0 Å². The maximum absolute atomic E-state index is 4.32. The predicted octanol–water partition coefficient (Wildman–Crippen LogP) is 1.86. The predicted molar refractivity (Wildman–Crippen MR) is 74.6 cm³/mol. The van der Waals surface area contributed by atoms with Crippen LogP contribution in [-0.2, 0) is 7.05 Å². The highest BCUT2D eigenvalue weighted by Gasteiger charge is 2.25. The van der Waals surface area contributed by atoms with E-state index in [1.807, 2.05) is 17.9 Å². The molecule has 18 heavy (non-hydrogen) atoms. The van der Waals surface area contributed by atoms with E-state index in [9.17, 15) is 0 Å². The van der Waals surface area contributed by atoms with Crippen molar-refractivity contribution < 1.29 is 0 Å². The molecule has 2 heterocycles. The van der Waals surface area contributed by atoms with E-state index in [0.717, 1.165) is 0 Å². The Kier molecular flexibility index (Phi) is 4.07. The normalized spacial score (nSPS) is 22.9. The van der Waals surface area contributed by atoms with Gasteiger partial charge < -0.3 is 5.32 Å². The molecular weight excluding hydrogens is 224 g/mol. The molecule has 1 N–H and O–H groups in total. The number of hydrogen-bond donors (Lipinski definition) is 1. The lowest BCUT2D eigenvalue weighted by atomic mass is 10.1.